The molecule has 20 heavy (non-hydrogen) atoms. The Morgan fingerprint density at radius 1 is 1.30 bits per heavy atom. The Morgan fingerprint density at radius 3 is 2.55 bits per heavy atom. The molecule has 1 aromatic carbocycles. The minimum atomic E-state index is -0.310. The zero-order chi connectivity index (χ0) is 14.0. The van der Waals surface area contributed by atoms with Crippen molar-refractivity contribution in [1.82, 2.24) is 5.32 Å². The predicted molar refractivity (Wildman–Crippen MR) is 80.2 cm³/mol. The van der Waals surface area contributed by atoms with Crippen molar-refractivity contribution < 1.29 is 9.53 Å². The van der Waals surface area contributed by atoms with Gasteiger partial charge in [-0.25, -0.2) is 0 Å². The molecule has 0 bridgehead atoms. The van der Waals surface area contributed by atoms with Gasteiger partial charge in [0.25, 0.3) is 5.91 Å². The predicted octanol–water partition coefficient (Wildman–Crippen LogP) is 2.66. The van der Waals surface area contributed by atoms with Gasteiger partial charge in [-0.05, 0) is 22.6 Å². The van der Waals surface area contributed by atoms with Crippen molar-refractivity contribution in [3.05, 3.63) is 57.8 Å². The molecule has 104 valence electrons. The number of ether oxygens (including phenoxy) is 1. The third-order valence-corrected chi connectivity index (χ3v) is 4.61. The van der Waals surface area contributed by atoms with Crippen molar-refractivity contribution in [3.8, 4) is 0 Å². The summed E-state index contributed by atoms with van der Waals surface area (Å²) in [4.78, 5) is 12.0. The van der Waals surface area contributed by atoms with Crippen molar-refractivity contribution >= 4 is 17.2 Å². The van der Waals surface area contributed by atoms with Gasteiger partial charge in [0.05, 0.1) is 5.60 Å². The fourth-order valence-corrected chi connectivity index (χ4v) is 3.37. The Labute approximate surface area is 122 Å². The molecule has 3 rings (SSSR count). The summed E-state index contributed by atoms with van der Waals surface area (Å²) in [6.07, 6.45) is 1.70. The monoisotopic (exact) mass is 287 g/mol. The summed E-state index contributed by atoms with van der Waals surface area (Å²) in [5, 5.41) is 6.76. The highest BCUT2D eigenvalue weighted by molar-refractivity contribution is 7.08. The van der Waals surface area contributed by atoms with E-state index in [0.717, 1.165) is 18.4 Å². The van der Waals surface area contributed by atoms with Crippen LogP contribution >= 0.6 is 11.3 Å². The first-order chi connectivity index (χ1) is 9.72. The maximum atomic E-state index is 12.0. The lowest BCUT2D eigenvalue weighted by Gasteiger charge is -2.27. The van der Waals surface area contributed by atoms with Gasteiger partial charge in [-0.1, -0.05) is 24.3 Å². The van der Waals surface area contributed by atoms with Crippen LogP contribution in [-0.2, 0) is 17.6 Å². The summed E-state index contributed by atoms with van der Waals surface area (Å²) < 4.78 is 5.74. The van der Waals surface area contributed by atoms with E-state index in [-0.39, 0.29) is 11.5 Å². The molecule has 1 amide bonds. The van der Waals surface area contributed by atoms with Crippen molar-refractivity contribution in [3.63, 3.8) is 0 Å². The van der Waals surface area contributed by atoms with Crippen LogP contribution < -0.4 is 5.32 Å². The average molecular weight is 287 g/mol. The molecule has 0 aliphatic heterocycles. The molecule has 0 unspecified atom stereocenters. The molecule has 0 spiro atoms. The molecule has 1 heterocycles. The Kier molecular flexibility index (Phi) is 3.59. The molecule has 1 aliphatic carbocycles. The lowest BCUT2D eigenvalue weighted by Crippen LogP contribution is -2.45. The number of hydrogen-bond donors (Lipinski definition) is 1. The van der Waals surface area contributed by atoms with Gasteiger partial charge in [0, 0.05) is 37.4 Å². The standard InChI is InChI=1S/C16H17NO2S/c1-19-16(8-12-4-2-3-5-13(12)9-16)11-17-15(18)14-6-7-20-10-14/h2-7,10H,8-9,11H2,1H3,(H,17,18). The third kappa shape index (κ3) is 2.49. The zero-order valence-corrected chi connectivity index (χ0v) is 12.2. The highest BCUT2D eigenvalue weighted by Gasteiger charge is 2.37. The summed E-state index contributed by atoms with van der Waals surface area (Å²) in [5.74, 6) is -0.0290. The molecule has 2 aromatic rings. The number of amides is 1. The molecule has 0 atom stereocenters. The Hall–Kier alpha value is -1.65. The highest BCUT2D eigenvalue weighted by atomic mass is 32.1. The van der Waals surface area contributed by atoms with Crippen LogP contribution in [0.2, 0.25) is 0 Å². The van der Waals surface area contributed by atoms with E-state index >= 15 is 0 Å². The normalized spacial score (nSPS) is 15.8. The summed E-state index contributed by atoms with van der Waals surface area (Å²) in [6, 6.07) is 10.2. The fourth-order valence-electron chi connectivity index (χ4n) is 2.74. The van der Waals surface area contributed by atoms with Crippen LogP contribution in [0.1, 0.15) is 21.5 Å². The topological polar surface area (TPSA) is 38.3 Å². The largest absolute Gasteiger partial charge is 0.376 e. The summed E-state index contributed by atoms with van der Waals surface area (Å²) in [5.41, 5.74) is 3.05. The lowest BCUT2D eigenvalue weighted by molar-refractivity contribution is 0.000181. The van der Waals surface area contributed by atoms with E-state index in [9.17, 15) is 4.79 Å². The molecule has 1 N–H and O–H groups in total. The summed E-state index contributed by atoms with van der Waals surface area (Å²) in [6.45, 7) is 0.535. The Balaban J connectivity index is 1.69. The summed E-state index contributed by atoms with van der Waals surface area (Å²) in [7, 11) is 1.72. The first-order valence-corrected chi connectivity index (χ1v) is 7.59. The molecule has 0 saturated carbocycles. The molecule has 0 radical (unpaired) electrons. The fraction of sp³-hybridized carbons (Fsp3) is 0.312. The second-order valence-electron chi connectivity index (χ2n) is 5.20. The first-order valence-electron chi connectivity index (χ1n) is 6.65. The van der Waals surface area contributed by atoms with E-state index in [4.69, 9.17) is 4.74 Å². The van der Waals surface area contributed by atoms with E-state index in [2.05, 4.69) is 29.6 Å². The van der Waals surface area contributed by atoms with Crippen molar-refractivity contribution in [2.45, 2.75) is 18.4 Å². The number of nitrogens with one attached hydrogen (secondary N) is 1. The van der Waals surface area contributed by atoms with E-state index in [1.807, 2.05) is 16.8 Å². The van der Waals surface area contributed by atoms with E-state index < -0.39 is 0 Å². The van der Waals surface area contributed by atoms with Crippen molar-refractivity contribution in [2.24, 2.45) is 0 Å². The Bertz CT molecular complexity index is 582. The van der Waals surface area contributed by atoms with Gasteiger partial charge >= 0.3 is 0 Å². The number of rotatable bonds is 4. The number of methoxy groups -OCH3 is 1. The average Bonchev–Trinajstić information content (AvgIpc) is 3.12. The van der Waals surface area contributed by atoms with Gasteiger partial charge in [-0.3, -0.25) is 4.79 Å². The van der Waals surface area contributed by atoms with Crippen molar-refractivity contribution in [2.75, 3.05) is 13.7 Å². The SMILES string of the molecule is COC1(CNC(=O)c2ccsc2)Cc2ccccc2C1. The van der Waals surface area contributed by atoms with Crippen LogP contribution in [0.5, 0.6) is 0 Å². The van der Waals surface area contributed by atoms with Crippen LogP contribution in [0.25, 0.3) is 0 Å². The maximum absolute atomic E-state index is 12.0. The van der Waals surface area contributed by atoms with Gasteiger partial charge in [0.1, 0.15) is 0 Å². The highest BCUT2D eigenvalue weighted by Crippen LogP contribution is 2.32. The molecular weight excluding hydrogens is 270 g/mol. The summed E-state index contributed by atoms with van der Waals surface area (Å²) >= 11 is 1.53. The van der Waals surface area contributed by atoms with Crippen molar-refractivity contribution in [1.29, 1.82) is 0 Å². The van der Waals surface area contributed by atoms with Gasteiger partial charge in [-0.15, -0.1) is 0 Å². The Morgan fingerprint density at radius 2 is 2.00 bits per heavy atom. The number of fused-ring (bicyclic) bond motifs is 1. The third-order valence-electron chi connectivity index (χ3n) is 3.93. The van der Waals surface area contributed by atoms with Crippen LogP contribution in [0.3, 0.4) is 0 Å². The quantitative estimate of drug-likeness (QED) is 0.939. The molecule has 0 saturated heterocycles. The molecule has 0 fully saturated rings. The minimum absolute atomic E-state index is 0.0290. The smallest absolute Gasteiger partial charge is 0.252 e. The number of hydrogen-bond acceptors (Lipinski definition) is 3. The second kappa shape index (κ2) is 5.38. The molecule has 3 nitrogen and oxygen atoms in total. The van der Waals surface area contributed by atoms with Crippen LogP contribution in [0.4, 0.5) is 0 Å². The number of benzene rings is 1. The zero-order valence-electron chi connectivity index (χ0n) is 11.4. The van der Waals surface area contributed by atoms with Crippen LogP contribution in [0.15, 0.2) is 41.1 Å². The second-order valence-corrected chi connectivity index (χ2v) is 5.98. The van der Waals surface area contributed by atoms with Gasteiger partial charge in [0.15, 0.2) is 0 Å². The van der Waals surface area contributed by atoms with Crippen LogP contribution in [0, 0.1) is 0 Å². The lowest BCUT2D eigenvalue weighted by atomic mass is 10.00. The number of thiophene rings is 1. The molecule has 1 aliphatic rings. The first kappa shape index (κ1) is 13.3. The van der Waals surface area contributed by atoms with E-state index in [0.29, 0.717) is 6.54 Å². The van der Waals surface area contributed by atoms with Gasteiger partial charge < -0.3 is 10.1 Å². The van der Waals surface area contributed by atoms with E-state index in [1.54, 1.807) is 7.11 Å². The number of carbonyl (C=O) groups excluding carboxylic acids is 1. The molecule has 4 heteroatoms. The van der Waals surface area contributed by atoms with Crippen LogP contribution in [-0.4, -0.2) is 25.2 Å². The molecule has 1 aromatic heterocycles. The minimum Gasteiger partial charge on any atom is -0.376 e. The van der Waals surface area contributed by atoms with Gasteiger partial charge in [0.2, 0.25) is 0 Å². The van der Waals surface area contributed by atoms with E-state index in [1.165, 1.54) is 22.5 Å². The number of carbonyl (C=O) groups is 1. The molecular formula is C16H17NO2S. The maximum Gasteiger partial charge on any atom is 0.252 e. The van der Waals surface area contributed by atoms with Gasteiger partial charge in [-0.2, -0.15) is 11.3 Å².